The monoisotopic (exact) mass is 338 g/mol. The first kappa shape index (κ1) is 17.1. The Hall–Kier alpha value is -2.28. The van der Waals surface area contributed by atoms with E-state index in [9.17, 15) is 12.8 Å². The van der Waals surface area contributed by atoms with Gasteiger partial charge in [0.15, 0.2) is 0 Å². The van der Waals surface area contributed by atoms with Gasteiger partial charge in [-0.05, 0) is 36.8 Å². The molecule has 2 aromatic rings. The number of hydrogen-bond acceptors (Lipinski definition) is 4. The minimum atomic E-state index is -3.30. The maximum atomic E-state index is 13.4. The number of sulfonamides is 1. The van der Waals surface area contributed by atoms with Crippen molar-refractivity contribution in [1.29, 1.82) is 0 Å². The predicted molar refractivity (Wildman–Crippen MR) is 89.9 cm³/mol. The fourth-order valence-electron chi connectivity index (χ4n) is 2.16. The largest absolute Gasteiger partial charge is 0.495 e. The van der Waals surface area contributed by atoms with Crippen molar-refractivity contribution < 1.29 is 17.5 Å². The molecule has 0 radical (unpaired) electrons. The van der Waals surface area contributed by atoms with Crippen LogP contribution in [0.4, 0.5) is 15.8 Å². The second kappa shape index (κ2) is 6.87. The van der Waals surface area contributed by atoms with Gasteiger partial charge in [0, 0.05) is 17.8 Å². The van der Waals surface area contributed by atoms with Gasteiger partial charge < -0.3 is 10.1 Å². The Morgan fingerprint density at radius 1 is 1.13 bits per heavy atom. The molecule has 0 aliphatic carbocycles. The van der Waals surface area contributed by atoms with Gasteiger partial charge in [-0.1, -0.05) is 12.1 Å². The number of methoxy groups -OCH3 is 1. The third kappa shape index (κ3) is 4.85. The van der Waals surface area contributed by atoms with E-state index in [1.807, 2.05) is 6.92 Å². The highest BCUT2D eigenvalue weighted by Gasteiger charge is 2.10. The van der Waals surface area contributed by atoms with E-state index >= 15 is 0 Å². The van der Waals surface area contributed by atoms with Gasteiger partial charge in [0.2, 0.25) is 10.0 Å². The van der Waals surface area contributed by atoms with Crippen LogP contribution in [0, 0.1) is 5.82 Å². The first-order valence-electron chi connectivity index (χ1n) is 6.96. The quantitative estimate of drug-likeness (QED) is 0.847. The average molecular weight is 338 g/mol. The predicted octanol–water partition coefficient (Wildman–Crippen LogP) is 3.38. The zero-order valence-corrected chi connectivity index (χ0v) is 13.9. The molecular formula is C16H19FN2O3S. The van der Waals surface area contributed by atoms with Gasteiger partial charge in [-0.3, -0.25) is 4.72 Å². The molecule has 0 aromatic heterocycles. The van der Waals surface area contributed by atoms with Gasteiger partial charge in [0.05, 0.1) is 19.1 Å². The van der Waals surface area contributed by atoms with Crippen LogP contribution < -0.4 is 14.8 Å². The highest BCUT2D eigenvalue weighted by atomic mass is 32.2. The van der Waals surface area contributed by atoms with Crippen molar-refractivity contribution in [1.82, 2.24) is 0 Å². The van der Waals surface area contributed by atoms with Gasteiger partial charge in [0.25, 0.3) is 0 Å². The Labute approximate surface area is 135 Å². The third-order valence-corrected chi connectivity index (χ3v) is 3.85. The van der Waals surface area contributed by atoms with Crippen molar-refractivity contribution in [3.8, 4) is 5.75 Å². The topological polar surface area (TPSA) is 67.4 Å². The van der Waals surface area contributed by atoms with Gasteiger partial charge in [-0.15, -0.1) is 0 Å². The maximum absolute atomic E-state index is 13.4. The normalized spacial score (nSPS) is 12.5. The van der Waals surface area contributed by atoms with E-state index in [1.165, 1.54) is 19.2 Å². The number of benzene rings is 2. The number of hydrogen-bond donors (Lipinski definition) is 2. The Morgan fingerprint density at radius 2 is 1.78 bits per heavy atom. The SMILES string of the molecule is COc1ccc(F)cc1NC(C)c1ccc(NS(C)(=O)=O)cc1. The summed E-state index contributed by atoms with van der Waals surface area (Å²) in [6, 6.07) is 11.1. The van der Waals surface area contributed by atoms with Crippen LogP contribution in [0.3, 0.4) is 0 Å². The molecule has 0 spiro atoms. The molecule has 0 bridgehead atoms. The molecule has 2 N–H and O–H groups in total. The lowest BCUT2D eigenvalue weighted by molar-refractivity contribution is 0.415. The number of anilines is 2. The first-order chi connectivity index (χ1) is 10.8. The fraction of sp³-hybridized carbons (Fsp3) is 0.250. The van der Waals surface area contributed by atoms with Crippen LogP contribution in [-0.4, -0.2) is 21.8 Å². The lowest BCUT2D eigenvalue weighted by Gasteiger charge is -2.18. The van der Waals surface area contributed by atoms with E-state index in [4.69, 9.17) is 4.74 Å². The van der Waals surface area contributed by atoms with Gasteiger partial charge in [0.1, 0.15) is 11.6 Å². The summed E-state index contributed by atoms with van der Waals surface area (Å²) in [5.74, 6) is 0.196. The molecule has 2 aromatic carbocycles. The molecule has 1 atom stereocenters. The summed E-state index contributed by atoms with van der Waals surface area (Å²) >= 11 is 0. The summed E-state index contributed by atoms with van der Waals surface area (Å²) in [5, 5.41) is 3.18. The summed E-state index contributed by atoms with van der Waals surface area (Å²) in [6.45, 7) is 1.92. The van der Waals surface area contributed by atoms with E-state index in [-0.39, 0.29) is 11.9 Å². The lowest BCUT2D eigenvalue weighted by atomic mass is 10.1. The molecule has 0 heterocycles. The molecule has 2 rings (SSSR count). The van der Waals surface area contributed by atoms with Crippen LogP contribution in [0.1, 0.15) is 18.5 Å². The van der Waals surface area contributed by atoms with Crippen molar-refractivity contribution in [3.05, 3.63) is 53.8 Å². The minimum Gasteiger partial charge on any atom is -0.495 e. The van der Waals surface area contributed by atoms with Crippen molar-refractivity contribution in [2.24, 2.45) is 0 Å². The van der Waals surface area contributed by atoms with E-state index in [1.54, 1.807) is 30.3 Å². The third-order valence-electron chi connectivity index (χ3n) is 3.25. The summed E-state index contributed by atoms with van der Waals surface area (Å²) < 4.78 is 43.4. The van der Waals surface area contributed by atoms with Crippen LogP contribution in [0.15, 0.2) is 42.5 Å². The van der Waals surface area contributed by atoms with E-state index in [2.05, 4.69) is 10.0 Å². The van der Waals surface area contributed by atoms with E-state index < -0.39 is 10.0 Å². The number of rotatable bonds is 6. The molecule has 0 fully saturated rings. The molecule has 0 amide bonds. The van der Waals surface area contributed by atoms with Crippen LogP contribution in [0.5, 0.6) is 5.75 Å². The van der Waals surface area contributed by atoms with Crippen LogP contribution in [0.2, 0.25) is 0 Å². The summed E-state index contributed by atoms with van der Waals surface area (Å²) in [4.78, 5) is 0. The molecule has 7 heteroatoms. The smallest absolute Gasteiger partial charge is 0.229 e. The molecular weight excluding hydrogens is 319 g/mol. The molecule has 5 nitrogen and oxygen atoms in total. The number of ether oxygens (including phenoxy) is 1. The van der Waals surface area contributed by atoms with Gasteiger partial charge in [-0.2, -0.15) is 0 Å². The Kier molecular flexibility index (Phi) is 5.10. The molecule has 0 saturated heterocycles. The van der Waals surface area contributed by atoms with Crippen LogP contribution in [-0.2, 0) is 10.0 Å². The summed E-state index contributed by atoms with van der Waals surface area (Å²) in [6.07, 6.45) is 1.10. The zero-order chi connectivity index (χ0) is 17.0. The molecule has 1 unspecified atom stereocenters. The lowest BCUT2D eigenvalue weighted by Crippen LogP contribution is -2.10. The standard InChI is InChI=1S/C16H19FN2O3S/c1-11(18-15-10-13(17)6-9-16(15)22-2)12-4-7-14(8-5-12)19-23(3,20)21/h4-11,18-19H,1-3H3. The average Bonchev–Trinajstić information content (AvgIpc) is 2.46. The van der Waals surface area contributed by atoms with Gasteiger partial charge in [-0.25, -0.2) is 12.8 Å². The zero-order valence-electron chi connectivity index (χ0n) is 13.1. The number of nitrogens with one attached hydrogen (secondary N) is 2. The second-order valence-electron chi connectivity index (χ2n) is 5.21. The van der Waals surface area contributed by atoms with Crippen molar-refractivity contribution >= 4 is 21.4 Å². The molecule has 0 aliphatic heterocycles. The second-order valence-corrected chi connectivity index (χ2v) is 6.96. The molecule has 124 valence electrons. The van der Waals surface area contributed by atoms with E-state index in [0.29, 0.717) is 17.1 Å². The Morgan fingerprint density at radius 3 is 2.35 bits per heavy atom. The Balaban J connectivity index is 2.15. The highest BCUT2D eigenvalue weighted by Crippen LogP contribution is 2.29. The Bertz CT molecular complexity index is 776. The van der Waals surface area contributed by atoms with Crippen LogP contribution >= 0.6 is 0 Å². The summed E-state index contributed by atoms with van der Waals surface area (Å²) in [5.41, 5.74) is 1.97. The van der Waals surface area contributed by atoms with Crippen LogP contribution in [0.25, 0.3) is 0 Å². The maximum Gasteiger partial charge on any atom is 0.229 e. The highest BCUT2D eigenvalue weighted by molar-refractivity contribution is 7.92. The van der Waals surface area contributed by atoms with Crippen molar-refractivity contribution in [2.75, 3.05) is 23.4 Å². The van der Waals surface area contributed by atoms with Gasteiger partial charge >= 0.3 is 0 Å². The number of halogens is 1. The summed E-state index contributed by atoms with van der Waals surface area (Å²) in [7, 11) is -1.77. The molecule has 23 heavy (non-hydrogen) atoms. The van der Waals surface area contributed by atoms with Crippen molar-refractivity contribution in [2.45, 2.75) is 13.0 Å². The molecule has 0 saturated carbocycles. The van der Waals surface area contributed by atoms with Crippen molar-refractivity contribution in [3.63, 3.8) is 0 Å². The molecule has 0 aliphatic rings. The first-order valence-corrected chi connectivity index (χ1v) is 8.85. The minimum absolute atomic E-state index is 0.113. The van der Waals surface area contributed by atoms with E-state index in [0.717, 1.165) is 11.8 Å². The fourth-order valence-corrected chi connectivity index (χ4v) is 2.73.